The molecule has 0 bridgehead atoms. The average Bonchev–Trinajstić information content (AvgIpc) is 3.23. The number of nitrogens with one attached hydrogen (secondary N) is 1. The van der Waals surface area contributed by atoms with Gasteiger partial charge in [-0.2, -0.15) is 0 Å². The summed E-state index contributed by atoms with van der Waals surface area (Å²) in [5.41, 5.74) is 1.34. The van der Waals surface area contributed by atoms with Crippen LogP contribution in [0.15, 0.2) is 24.3 Å². The molecule has 0 aliphatic carbocycles. The summed E-state index contributed by atoms with van der Waals surface area (Å²) in [6, 6.07) is 7.07. The first-order valence-corrected chi connectivity index (χ1v) is 10.1. The lowest BCUT2D eigenvalue weighted by Gasteiger charge is -2.35. The molecule has 2 fully saturated rings. The van der Waals surface area contributed by atoms with Crippen LogP contribution in [0.4, 0.5) is 5.69 Å². The van der Waals surface area contributed by atoms with E-state index in [-0.39, 0.29) is 17.8 Å². The summed E-state index contributed by atoms with van der Waals surface area (Å²) in [4.78, 5) is 28.5. The number of hydrogen-bond acceptors (Lipinski definition) is 4. The van der Waals surface area contributed by atoms with Gasteiger partial charge in [-0.25, -0.2) is 4.79 Å². The van der Waals surface area contributed by atoms with E-state index in [0.29, 0.717) is 23.8 Å². The monoisotopic (exact) mass is 389 g/mol. The Labute approximate surface area is 165 Å². The second-order valence-corrected chi connectivity index (χ2v) is 7.43. The van der Waals surface area contributed by atoms with Crippen LogP contribution in [-0.2, 0) is 9.53 Å². The lowest BCUT2D eigenvalue weighted by atomic mass is 9.97. The first-order chi connectivity index (χ1) is 13.1. The highest BCUT2D eigenvalue weighted by molar-refractivity contribution is 7.80. The summed E-state index contributed by atoms with van der Waals surface area (Å²) in [6.45, 7) is 5.45. The molecule has 1 atom stereocenters. The number of rotatable bonds is 4. The van der Waals surface area contributed by atoms with Gasteiger partial charge in [-0.1, -0.05) is 0 Å². The number of amides is 1. The Morgan fingerprint density at radius 1 is 1.11 bits per heavy atom. The molecule has 2 heterocycles. The zero-order valence-electron chi connectivity index (χ0n) is 15.8. The van der Waals surface area contributed by atoms with Crippen LogP contribution in [-0.4, -0.2) is 59.6 Å². The van der Waals surface area contributed by atoms with Crippen LogP contribution in [0.1, 0.15) is 43.0 Å². The van der Waals surface area contributed by atoms with Crippen LogP contribution in [0.3, 0.4) is 0 Å². The summed E-state index contributed by atoms with van der Waals surface area (Å²) in [6.07, 6.45) is 4.13. The third kappa shape index (κ3) is 4.97. The van der Waals surface area contributed by atoms with Crippen LogP contribution in [0, 0.1) is 5.92 Å². The average molecular weight is 390 g/mol. The van der Waals surface area contributed by atoms with Crippen molar-refractivity contribution in [2.75, 3.05) is 38.1 Å². The van der Waals surface area contributed by atoms with Gasteiger partial charge in [-0.05, 0) is 69.1 Å². The first-order valence-electron chi connectivity index (χ1n) is 9.70. The number of nitrogens with zero attached hydrogens (tertiary/aromatic N) is 2. The number of thiocarbonyl (C=S) groups is 1. The lowest BCUT2D eigenvalue weighted by molar-refractivity contribution is -0.135. The van der Waals surface area contributed by atoms with Gasteiger partial charge >= 0.3 is 5.97 Å². The Hall–Kier alpha value is -2.15. The van der Waals surface area contributed by atoms with Crippen molar-refractivity contribution in [3.8, 4) is 0 Å². The Bertz CT molecular complexity index is 686. The summed E-state index contributed by atoms with van der Waals surface area (Å²) in [5, 5.41) is 3.84. The molecule has 0 aromatic heterocycles. The maximum absolute atomic E-state index is 12.7. The molecule has 2 aliphatic heterocycles. The van der Waals surface area contributed by atoms with Crippen molar-refractivity contribution in [1.82, 2.24) is 9.80 Å². The van der Waals surface area contributed by atoms with E-state index in [1.807, 2.05) is 17.0 Å². The van der Waals surface area contributed by atoms with E-state index in [0.717, 1.165) is 51.0 Å². The van der Waals surface area contributed by atoms with Gasteiger partial charge in [0.2, 0.25) is 5.91 Å². The Morgan fingerprint density at radius 2 is 1.78 bits per heavy atom. The number of hydrogen-bond donors (Lipinski definition) is 1. The number of benzene rings is 1. The number of carbonyl (C=O) groups excluding carboxylic acids is 2. The van der Waals surface area contributed by atoms with Crippen molar-refractivity contribution in [3.63, 3.8) is 0 Å². The molecule has 1 aromatic carbocycles. The normalized spacial score (nSPS) is 19.7. The van der Waals surface area contributed by atoms with Crippen LogP contribution < -0.4 is 5.32 Å². The highest BCUT2D eigenvalue weighted by Gasteiger charge is 2.31. The molecule has 7 heteroatoms. The standard InChI is InChI=1S/C20H27N3O3S/c1-2-26-19(25)15-7-9-17(10-8-15)21-20(27)23-13-5-6-16(14-23)18(24)22-11-3-4-12-22/h7-10,16H,2-6,11-14H2,1H3,(H,21,27)/t16-/m1/s1. The fourth-order valence-electron chi connectivity index (χ4n) is 3.67. The fraction of sp³-hybridized carbons (Fsp3) is 0.550. The maximum atomic E-state index is 12.7. The third-order valence-electron chi connectivity index (χ3n) is 5.12. The number of carbonyl (C=O) groups is 2. The van der Waals surface area contributed by atoms with Gasteiger partial charge in [0.15, 0.2) is 5.11 Å². The third-order valence-corrected chi connectivity index (χ3v) is 5.48. The van der Waals surface area contributed by atoms with Crippen LogP contribution in [0.5, 0.6) is 0 Å². The highest BCUT2D eigenvalue weighted by atomic mass is 32.1. The summed E-state index contributed by atoms with van der Waals surface area (Å²) >= 11 is 5.55. The van der Waals surface area contributed by atoms with E-state index >= 15 is 0 Å². The number of esters is 1. The summed E-state index contributed by atoms with van der Waals surface area (Å²) < 4.78 is 4.99. The predicted octanol–water partition coefficient (Wildman–Crippen LogP) is 2.89. The number of likely N-dealkylation sites (tertiary alicyclic amines) is 2. The lowest BCUT2D eigenvalue weighted by Crippen LogP contribution is -2.47. The van der Waals surface area contributed by atoms with Gasteiger partial charge in [-0.3, -0.25) is 4.79 Å². The molecule has 2 saturated heterocycles. The van der Waals surface area contributed by atoms with Gasteiger partial charge in [0.1, 0.15) is 0 Å². The van der Waals surface area contributed by atoms with E-state index in [1.54, 1.807) is 19.1 Å². The number of piperidine rings is 1. The minimum atomic E-state index is -0.328. The molecular formula is C20H27N3O3S. The van der Waals surface area contributed by atoms with Gasteiger partial charge in [-0.15, -0.1) is 0 Å². The highest BCUT2D eigenvalue weighted by Crippen LogP contribution is 2.22. The van der Waals surface area contributed by atoms with Crippen molar-refractivity contribution in [3.05, 3.63) is 29.8 Å². The SMILES string of the molecule is CCOC(=O)c1ccc(NC(=S)N2CCC[C@@H](C(=O)N3CCCC3)C2)cc1. The molecule has 27 heavy (non-hydrogen) atoms. The van der Waals surface area contributed by atoms with Crippen LogP contribution >= 0.6 is 12.2 Å². The second-order valence-electron chi connectivity index (χ2n) is 7.05. The van der Waals surface area contributed by atoms with E-state index in [2.05, 4.69) is 10.2 Å². The van der Waals surface area contributed by atoms with Crippen LogP contribution in [0.2, 0.25) is 0 Å². The molecule has 3 rings (SSSR count). The number of anilines is 1. The minimum Gasteiger partial charge on any atom is -0.462 e. The molecule has 1 amide bonds. The van der Waals surface area contributed by atoms with E-state index in [4.69, 9.17) is 17.0 Å². The molecule has 2 aliphatic rings. The van der Waals surface area contributed by atoms with Crippen LogP contribution in [0.25, 0.3) is 0 Å². The van der Waals surface area contributed by atoms with Crippen molar-refractivity contribution in [1.29, 1.82) is 0 Å². The predicted molar refractivity (Wildman–Crippen MR) is 109 cm³/mol. The molecule has 0 radical (unpaired) electrons. The first kappa shape index (κ1) is 19.6. The fourth-order valence-corrected chi connectivity index (χ4v) is 3.95. The minimum absolute atomic E-state index is 0.0304. The molecule has 6 nitrogen and oxygen atoms in total. The summed E-state index contributed by atoms with van der Waals surface area (Å²) in [7, 11) is 0. The molecule has 0 saturated carbocycles. The quantitative estimate of drug-likeness (QED) is 0.631. The van der Waals surface area contributed by atoms with Gasteiger partial charge < -0.3 is 19.9 Å². The van der Waals surface area contributed by atoms with Crippen molar-refractivity contribution >= 4 is 34.9 Å². The van der Waals surface area contributed by atoms with Gasteiger partial charge in [0, 0.05) is 31.9 Å². The Morgan fingerprint density at radius 3 is 2.44 bits per heavy atom. The zero-order chi connectivity index (χ0) is 19.2. The van der Waals surface area contributed by atoms with E-state index < -0.39 is 0 Å². The second kappa shape index (κ2) is 9.17. The topological polar surface area (TPSA) is 61.9 Å². The molecule has 146 valence electrons. The van der Waals surface area contributed by atoms with Crippen molar-refractivity contribution in [2.24, 2.45) is 5.92 Å². The zero-order valence-corrected chi connectivity index (χ0v) is 16.6. The maximum Gasteiger partial charge on any atom is 0.338 e. The number of ether oxygens (including phenoxy) is 1. The van der Waals surface area contributed by atoms with Crippen molar-refractivity contribution < 1.29 is 14.3 Å². The Balaban J connectivity index is 1.55. The van der Waals surface area contributed by atoms with Gasteiger partial charge in [0.25, 0.3) is 0 Å². The molecular weight excluding hydrogens is 362 g/mol. The smallest absolute Gasteiger partial charge is 0.338 e. The van der Waals surface area contributed by atoms with E-state index in [1.165, 1.54) is 0 Å². The molecule has 0 unspecified atom stereocenters. The van der Waals surface area contributed by atoms with Crippen molar-refractivity contribution in [2.45, 2.75) is 32.6 Å². The van der Waals surface area contributed by atoms with Gasteiger partial charge in [0.05, 0.1) is 18.1 Å². The molecule has 1 aromatic rings. The molecule has 1 N–H and O–H groups in total. The molecule has 0 spiro atoms. The van der Waals surface area contributed by atoms with E-state index in [9.17, 15) is 9.59 Å². The Kier molecular flexibility index (Phi) is 6.66. The largest absolute Gasteiger partial charge is 0.462 e. The summed E-state index contributed by atoms with van der Waals surface area (Å²) in [5.74, 6) is -0.0208.